The molecule has 4 nitrogen and oxygen atoms in total. The maximum atomic E-state index is 6.27. The zero-order valence-electron chi connectivity index (χ0n) is 11.9. The fourth-order valence-corrected chi connectivity index (χ4v) is 4.19. The minimum absolute atomic E-state index is 0.157. The molecule has 2 aliphatic rings. The van der Waals surface area contributed by atoms with E-state index in [1.54, 1.807) is 12.5 Å². The molecule has 3 atom stereocenters. The third-order valence-corrected chi connectivity index (χ3v) is 5.39. The highest BCUT2D eigenvalue weighted by Gasteiger charge is 2.39. The van der Waals surface area contributed by atoms with Crippen molar-refractivity contribution < 1.29 is 4.74 Å². The zero-order valence-corrected chi connectivity index (χ0v) is 12.7. The molecule has 2 fully saturated rings. The van der Waals surface area contributed by atoms with Gasteiger partial charge in [-0.2, -0.15) is 0 Å². The van der Waals surface area contributed by atoms with E-state index in [0.717, 1.165) is 25.2 Å². The Kier molecular flexibility index (Phi) is 3.71. The van der Waals surface area contributed by atoms with Gasteiger partial charge in [0.05, 0.1) is 11.8 Å². The van der Waals surface area contributed by atoms with Crippen LogP contribution in [0, 0.1) is 5.92 Å². The number of rotatable bonds is 3. The smallest absolute Gasteiger partial charge is 0.115 e. The molecule has 0 unspecified atom stereocenters. The summed E-state index contributed by atoms with van der Waals surface area (Å²) in [5, 5.41) is 2.15. The summed E-state index contributed by atoms with van der Waals surface area (Å²) >= 11 is 1.84. The van der Waals surface area contributed by atoms with Crippen LogP contribution in [-0.4, -0.2) is 34.1 Å². The molecular weight excluding hydrogens is 282 g/mol. The Hall–Kier alpha value is -1.30. The highest BCUT2D eigenvalue weighted by atomic mass is 32.1. The molecule has 5 heteroatoms. The summed E-state index contributed by atoms with van der Waals surface area (Å²) in [6.45, 7) is 3.28. The molecular formula is C16H19N3OS. The van der Waals surface area contributed by atoms with E-state index < -0.39 is 0 Å². The molecule has 110 valence electrons. The highest BCUT2D eigenvalue weighted by molar-refractivity contribution is 7.09. The molecule has 21 heavy (non-hydrogen) atoms. The molecule has 2 aromatic heterocycles. The van der Waals surface area contributed by atoms with Crippen LogP contribution >= 0.6 is 11.3 Å². The zero-order chi connectivity index (χ0) is 14.1. The van der Waals surface area contributed by atoms with Crippen molar-refractivity contribution in [1.82, 2.24) is 14.9 Å². The van der Waals surface area contributed by atoms with Gasteiger partial charge >= 0.3 is 0 Å². The number of ether oxygens (including phenoxy) is 1. The van der Waals surface area contributed by atoms with Gasteiger partial charge < -0.3 is 4.74 Å². The maximum Gasteiger partial charge on any atom is 0.115 e. The average Bonchev–Trinajstić information content (AvgIpc) is 3.17. The van der Waals surface area contributed by atoms with Gasteiger partial charge in [-0.3, -0.25) is 4.90 Å². The summed E-state index contributed by atoms with van der Waals surface area (Å²) in [6, 6.07) is 6.32. The molecule has 0 aromatic carbocycles. The van der Waals surface area contributed by atoms with E-state index in [2.05, 4.69) is 32.4 Å². The van der Waals surface area contributed by atoms with Crippen LogP contribution in [0.5, 0.6) is 0 Å². The summed E-state index contributed by atoms with van der Waals surface area (Å²) in [6.07, 6.45) is 6.27. The van der Waals surface area contributed by atoms with Gasteiger partial charge in [0.2, 0.25) is 0 Å². The van der Waals surface area contributed by atoms with Crippen LogP contribution in [0.15, 0.2) is 36.1 Å². The van der Waals surface area contributed by atoms with Crippen molar-refractivity contribution in [2.24, 2.45) is 5.92 Å². The van der Waals surface area contributed by atoms with Crippen LogP contribution in [0.4, 0.5) is 0 Å². The Morgan fingerprint density at radius 3 is 3.19 bits per heavy atom. The lowest BCUT2D eigenvalue weighted by atomic mass is 9.91. The van der Waals surface area contributed by atoms with Crippen molar-refractivity contribution in [2.45, 2.75) is 31.6 Å². The van der Waals surface area contributed by atoms with Gasteiger partial charge in [0.1, 0.15) is 12.4 Å². The van der Waals surface area contributed by atoms with Gasteiger partial charge in [0.15, 0.2) is 0 Å². The monoisotopic (exact) mass is 301 g/mol. The minimum atomic E-state index is 0.157. The Morgan fingerprint density at radius 2 is 2.38 bits per heavy atom. The van der Waals surface area contributed by atoms with Crippen LogP contribution in [0.25, 0.3) is 0 Å². The van der Waals surface area contributed by atoms with E-state index in [-0.39, 0.29) is 6.10 Å². The second-order valence-corrected chi connectivity index (χ2v) is 6.93. The number of hydrogen-bond acceptors (Lipinski definition) is 5. The predicted molar refractivity (Wildman–Crippen MR) is 82.0 cm³/mol. The molecule has 2 saturated heterocycles. The number of thiophene rings is 1. The van der Waals surface area contributed by atoms with Crippen molar-refractivity contribution in [3.05, 3.63) is 46.7 Å². The number of fused-ring (bicyclic) bond motifs is 1. The largest absolute Gasteiger partial charge is 0.367 e. The normalized spacial score (nSPS) is 29.4. The molecule has 4 rings (SSSR count). The molecule has 2 aliphatic heterocycles. The number of nitrogens with zero attached hydrogens (tertiary/aromatic N) is 3. The molecule has 0 saturated carbocycles. The first-order valence-electron chi connectivity index (χ1n) is 7.54. The van der Waals surface area contributed by atoms with Crippen LogP contribution in [0.1, 0.15) is 29.5 Å². The van der Waals surface area contributed by atoms with Gasteiger partial charge in [-0.05, 0) is 42.8 Å². The Bertz CT molecular complexity index is 574. The first-order chi connectivity index (χ1) is 10.4. The Morgan fingerprint density at radius 1 is 1.38 bits per heavy atom. The number of hydrogen-bond donors (Lipinski definition) is 0. The van der Waals surface area contributed by atoms with Crippen LogP contribution in [0.2, 0.25) is 0 Å². The van der Waals surface area contributed by atoms with E-state index in [1.807, 2.05) is 17.4 Å². The van der Waals surface area contributed by atoms with Gasteiger partial charge in [-0.1, -0.05) is 6.07 Å². The van der Waals surface area contributed by atoms with Crippen molar-refractivity contribution >= 4 is 11.3 Å². The van der Waals surface area contributed by atoms with Gasteiger partial charge in [0, 0.05) is 24.2 Å². The second kappa shape index (κ2) is 5.83. The fraction of sp³-hybridized carbons (Fsp3) is 0.500. The summed E-state index contributed by atoms with van der Waals surface area (Å²) in [5.74, 6) is 0.685. The van der Waals surface area contributed by atoms with Crippen molar-refractivity contribution in [3.63, 3.8) is 0 Å². The molecule has 0 bridgehead atoms. The summed E-state index contributed by atoms with van der Waals surface area (Å²) < 4.78 is 6.27. The van der Waals surface area contributed by atoms with E-state index in [9.17, 15) is 0 Å². The maximum absolute atomic E-state index is 6.27. The standard InChI is InChI=1S/C16H19N3OS/c1-2-13(21-7-1)9-19-6-4-12-8-15(20-16(12)10-19)14-3-5-17-11-18-14/h1-3,5,7,11-12,15-16H,4,6,8-10H2/t12-,15-,16+/m1/s1. The lowest BCUT2D eigenvalue weighted by molar-refractivity contribution is -0.0104. The van der Waals surface area contributed by atoms with Crippen LogP contribution < -0.4 is 0 Å². The fourth-order valence-electron chi connectivity index (χ4n) is 3.44. The molecule has 0 amide bonds. The molecule has 0 spiro atoms. The molecule has 0 aliphatic carbocycles. The van der Waals surface area contributed by atoms with E-state index in [1.165, 1.54) is 17.8 Å². The third-order valence-electron chi connectivity index (χ3n) is 4.53. The van der Waals surface area contributed by atoms with Crippen LogP contribution in [-0.2, 0) is 11.3 Å². The second-order valence-electron chi connectivity index (χ2n) is 5.90. The Labute approximate surface area is 128 Å². The molecule has 4 heterocycles. The first-order valence-corrected chi connectivity index (χ1v) is 8.42. The van der Waals surface area contributed by atoms with E-state index in [4.69, 9.17) is 4.74 Å². The summed E-state index contributed by atoms with van der Waals surface area (Å²) in [4.78, 5) is 12.3. The highest BCUT2D eigenvalue weighted by Crippen LogP contribution is 2.40. The van der Waals surface area contributed by atoms with Gasteiger partial charge in [-0.25, -0.2) is 9.97 Å². The lowest BCUT2D eigenvalue weighted by Crippen LogP contribution is -2.41. The third kappa shape index (κ3) is 2.86. The minimum Gasteiger partial charge on any atom is -0.367 e. The predicted octanol–water partition coefficient (Wildman–Crippen LogP) is 2.89. The number of piperidine rings is 1. The number of likely N-dealkylation sites (tertiary alicyclic amines) is 1. The first kappa shape index (κ1) is 13.4. The Balaban J connectivity index is 1.40. The molecule has 2 aromatic rings. The molecule has 0 radical (unpaired) electrons. The number of aromatic nitrogens is 2. The summed E-state index contributed by atoms with van der Waals surface area (Å²) in [5.41, 5.74) is 1.03. The van der Waals surface area contributed by atoms with Crippen molar-refractivity contribution in [1.29, 1.82) is 0 Å². The van der Waals surface area contributed by atoms with E-state index in [0.29, 0.717) is 12.0 Å². The summed E-state index contributed by atoms with van der Waals surface area (Å²) in [7, 11) is 0. The topological polar surface area (TPSA) is 38.2 Å². The van der Waals surface area contributed by atoms with Gasteiger partial charge in [-0.15, -0.1) is 11.3 Å². The molecule has 0 N–H and O–H groups in total. The lowest BCUT2D eigenvalue weighted by Gasteiger charge is -2.33. The quantitative estimate of drug-likeness (QED) is 0.874. The average molecular weight is 301 g/mol. The van der Waals surface area contributed by atoms with Crippen LogP contribution in [0.3, 0.4) is 0 Å². The SMILES string of the molecule is c1csc(CN2CC[C@@H]3C[C@H](c4ccncn4)O[C@H]3C2)c1. The van der Waals surface area contributed by atoms with Crippen molar-refractivity contribution in [3.8, 4) is 0 Å². The van der Waals surface area contributed by atoms with Crippen molar-refractivity contribution in [2.75, 3.05) is 13.1 Å². The van der Waals surface area contributed by atoms with E-state index >= 15 is 0 Å². The van der Waals surface area contributed by atoms with Gasteiger partial charge in [0.25, 0.3) is 0 Å².